The maximum absolute atomic E-state index is 13.3. The summed E-state index contributed by atoms with van der Waals surface area (Å²) >= 11 is 0. The normalized spacial score (nSPS) is 10.7. The van der Waals surface area contributed by atoms with Crippen molar-refractivity contribution in [1.82, 2.24) is 0 Å². The maximum Gasteiger partial charge on any atom is 0.382 e. The van der Waals surface area contributed by atoms with Crippen molar-refractivity contribution in [2.75, 3.05) is 0 Å². The summed E-state index contributed by atoms with van der Waals surface area (Å²) < 4.78 is 52.9. The molecule has 0 fully saturated rings. The highest BCUT2D eigenvalue weighted by Gasteiger charge is 2.29. The number of halogens is 4. The minimum absolute atomic E-state index is 0.756. The molecule has 0 heterocycles. The van der Waals surface area contributed by atoms with Crippen LogP contribution < -0.4 is 0 Å². The molecule has 1 aromatic carbocycles. The first-order chi connectivity index (χ1) is 9.41. The van der Waals surface area contributed by atoms with Crippen molar-refractivity contribution in [3.63, 3.8) is 0 Å². The van der Waals surface area contributed by atoms with E-state index in [0.29, 0.717) is 0 Å². The van der Waals surface area contributed by atoms with Gasteiger partial charge in [-0.1, -0.05) is 0 Å². The highest BCUT2D eigenvalue weighted by atomic mass is 19.2. The summed E-state index contributed by atoms with van der Waals surface area (Å²) in [6.07, 6.45) is 0. The average Bonchev–Trinajstić information content (AvgIpc) is 2.43. The molecule has 8 nitrogen and oxygen atoms in total. The topological polar surface area (TPSA) is 92.7 Å². The Morgan fingerprint density at radius 3 is 1.90 bits per heavy atom. The number of carbonyl (C=O) groups excluding carboxylic acids is 1. The molecule has 0 spiro atoms. The lowest BCUT2D eigenvalue weighted by Gasteiger charge is -2.07. The number of benzene rings is 1. The molecule has 0 saturated carbocycles. The van der Waals surface area contributed by atoms with Crippen molar-refractivity contribution in [3.8, 4) is 0 Å². The van der Waals surface area contributed by atoms with Gasteiger partial charge in [0.15, 0.2) is 23.3 Å². The lowest BCUT2D eigenvalue weighted by molar-refractivity contribution is -0.781. The molecule has 0 aliphatic rings. The SMILES string of the molecule is Cc1c(F)c(F)c(C(=O)OOOOOOO)c(F)c1F. The third kappa shape index (κ3) is 3.38. The van der Waals surface area contributed by atoms with Crippen LogP contribution in [0.4, 0.5) is 17.6 Å². The van der Waals surface area contributed by atoms with Gasteiger partial charge in [0.05, 0.1) is 0 Å². The van der Waals surface area contributed by atoms with Gasteiger partial charge in [0.2, 0.25) is 0 Å². The van der Waals surface area contributed by atoms with E-state index in [4.69, 9.17) is 5.26 Å². The Labute approximate surface area is 106 Å². The minimum atomic E-state index is -1.99. The molecule has 0 radical (unpaired) electrons. The van der Waals surface area contributed by atoms with Gasteiger partial charge in [0, 0.05) is 20.7 Å². The third-order valence-electron chi connectivity index (χ3n) is 1.91. The van der Waals surface area contributed by atoms with Crippen LogP contribution in [0.3, 0.4) is 0 Å². The van der Waals surface area contributed by atoms with Crippen LogP contribution in [-0.4, -0.2) is 11.2 Å². The van der Waals surface area contributed by atoms with Crippen molar-refractivity contribution in [2.24, 2.45) is 0 Å². The van der Waals surface area contributed by atoms with E-state index in [1.165, 1.54) is 0 Å². The van der Waals surface area contributed by atoms with Crippen LogP contribution in [0, 0.1) is 30.2 Å². The quantitative estimate of drug-likeness (QED) is 0.280. The van der Waals surface area contributed by atoms with Gasteiger partial charge >= 0.3 is 5.97 Å². The summed E-state index contributed by atoms with van der Waals surface area (Å²) in [5.74, 6) is -9.54. The Balaban J connectivity index is 2.83. The van der Waals surface area contributed by atoms with Crippen molar-refractivity contribution in [2.45, 2.75) is 6.92 Å². The number of rotatable bonds is 6. The Hall–Kier alpha value is -1.83. The van der Waals surface area contributed by atoms with Gasteiger partial charge in [-0.15, -0.1) is 0 Å². The van der Waals surface area contributed by atoms with Crippen molar-refractivity contribution in [1.29, 1.82) is 0 Å². The molecule has 0 amide bonds. The van der Waals surface area contributed by atoms with Gasteiger partial charge in [-0.2, -0.15) is 0 Å². The highest BCUT2D eigenvalue weighted by molar-refractivity contribution is 5.89. The van der Waals surface area contributed by atoms with Gasteiger partial charge in [-0.05, 0) is 17.0 Å². The number of hydrogen-bond donors (Lipinski definition) is 1. The number of carbonyl (C=O) groups is 1. The Bertz CT molecular complexity index is 479. The lowest BCUT2D eigenvalue weighted by Crippen LogP contribution is -2.15. The van der Waals surface area contributed by atoms with E-state index in [1.54, 1.807) is 0 Å². The summed E-state index contributed by atoms with van der Waals surface area (Å²) in [4.78, 5) is 14.7. The van der Waals surface area contributed by atoms with Crippen LogP contribution in [0.2, 0.25) is 0 Å². The zero-order valence-electron chi connectivity index (χ0n) is 9.32. The zero-order valence-corrected chi connectivity index (χ0v) is 9.32. The fourth-order valence-corrected chi connectivity index (χ4v) is 1.04. The molecule has 0 atom stereocenters. The van der Waals surface area contributed by atoms with Gasteiger partial charge in [-0.25, -0.2) is 27.6 Å². The number of hydrogen-bond acceptors (Lipinski definition) is 8. The van der Waals surface area contributed by atoms with Crippen molar-refractivity contribution in [3.05, 3.63) is 34.4 Å². The molecule has 0 bridgehead atoms. The molecular formula is C8H4F4O8. The first-order valence-electron chi connectivity index (χ1n) is 4.43. The minimum Gasteiger partial charge on any atom is -0.261 e. The third-order valence-corrected chi connectivity index (χ3v) is 1.91. The molecule has 0 aliphatic carbocycles. The second-order valence-electron chi connectivity index (χ2n) is 2.97. The van der Waals surface area contributed by atoms with E-state index in [2.05, 4.69) is 30.1 Å². The van der Waals surface area contributed by atoms with E-state index in [1.807, 2.05) is 0 Å². The van der Waals surface area contributed by atoms with Crippen molar-refractivity contribution < 1.29 is 57.7 Å². The molecule has 1 aromatic rings. The van der Waals surface area contributed by atoms with Crippen LogP contribution in [0.1, 0.15) is 15.9 Å². The van der Waals surface area contributed by atoms with Crippen LogP contribution in [-0.2, 0) is 30.1 Å². The second-order valence-corrected chi connectivity index (χ2v) is 2.97. The Morgan fingerprint density at radius 1 is 0.900 bits per heavy atom. The molecule has 20 heavy (non-hydrogen) atoms. The monoisotopic (exact) mass is 304 g/mol. The van der Waals surface area contributed by atoms with Gasteiger partial charge < -0.3 is 0 Å². The largest absolute Gasteiger partial charge is 0.382 e. The van der Waals surface area contributed by atoms with Crippen LogP contribution in [0.25, 0.3) is 0 Å². The van der Waals surface area contributed by atoms with E-state index in [0.717, 1.165) is 6.92 Å². The molecule has 0 saturated heterocycles. The molecule has 0 aromatic heterocycles. The summed E-state index contributed by atoms with van der Waals surface area (Å²) in [5, 5.41) is 23.6. The molecule has 0 unspecified atom stereocenters. The molecular weight excluding hydrogens is 300 g/mol. The van der Waals surface area contributed by atoms with E-state index < -0.39 is 40.4 Å². The summed E-state index contributed by atoms with van der Waals surface area (Å²) in [6.45, 7) is 0.756. The van der Waals surface area contributed by atoms with Crippen LogP contribution in [0.15, 0.2) is 0 Å². The molecule has 0 aliphatic heterocycles. The maximum atomic E-state index is 13.3. The highest BCUT2D eigenvalue weighted by Crippen LogP contribution is 2.24. The van der Waals surface area contributed by atoms with Crippen LogP contribution in [0.5, 0.6) is 0 Å². The van der Waals surface area contributed by atoms with Gasteiger partial charge in [0.25, 0.3) is 0 Å². The van der Waals surface area contributed by atoms with Crippen molar-refractivity contribution >= 4 is 5.97 Å². The molecule has 12 heteroatoms. The summed E-state index contributed by atoms with van der Waals surface area (Å²) in [7, 11) is 0. The Morgan fingerprint density at radius 2 is 1.40 bits per heavy atom. The molecule has 112 valence electrons. The predicted molar refractivity (Wildman–Crippen MR) is 44.5 cm³/mol. The second kappa shape index (κ2) is 7.09. The zero-order chi connectivity index (χ0) is 15.3. The van der Waals surface area contributed by atoms with E-state index >= 15 is 0 Å². The van der Waals surface area contributed by atoms with E-state index in [9.17, 15) is 22.4 Å². The average molecular weight is 304 g/mol. The Kier molecular flexibility index (Phi) is 5.75. The first kappa shape index (κ1) is 16.2. The lowest BCUT2D eigenvalue weighted by atomic mass is 10.1. The van der Waals surface area contributed by atoms with Gasteiger partial charge in [0.1, 0.15) is 5.56 Å². The van der Waals surface area contributed by atoms with Crippen LogP contribution >= 0.6 is 0 Å². The smallest absolute Gasteiger partial charge is 0.261 e. The van der Waals surface area contributed by atoms with Gasteiger partial charge in [-0.3, -0.25) is 4.89 Å². The molecule has 1 N–H and O–H groups in total. The fourth-order valence-electron chi connectivity index (χ4n) is 1.04. The summed E-state index contributed by atoms with van der Waals surface area (Å²) in [6, 6.07) is 0. The standard InChI is InChI=1S/C8H4F4O8/c1-2-4(9)6(11)3(7(12)5(2)10)8(13)15-17-19-20-18-16-14/h14H,1H3. The fraction of sp³-hybridized carbons (Fsp3) is 0.125. The predicted octanol–water partition coefficient (Wildman–Crippen LogP) is 1.84. The van der Waals surface area contributed by atoms with E-state index in [-0.39, 0.29) is 0 Å². The molecule has 1 rings (SSSR count). The summed E-state index contributed by atoms with van der Waals surface area (Å²) in [5.41, 5.74) is -2.67. The first-order valence-corrected chi connectivity index (χ1v) is 4.43.